The standard InChI is InChI=1S/C26H28N6O3/c1-17-3-7-19(8-4-17)15-32-25-23(29-30-32)26(34)28-24(27-25)20-11-13-31(14-12-20)22(33)16-35-21-9-5-18(2)6-10-21/h3-10,20H,11-16H2,1-2H3,(H,27,28,34). The van der Waals surface area contributed by atoms with Gasteiger partial charge in [-0.3, -0.25) is 9.59 Å². The van der Waals surface area contributed by atoms with Gasteiger partial charge in [0.05, 0.1) is 6.54 Å². The molecule has 3 heterocycles. The van der Waals surface area contributed by atoms with Crippen LogP contribution in [0.4, 0.5) is 0 Å². The molecule has 2 aromatic heterocycles. The molecule has 0 radical (unpaired) electrons. The average molecular weight is 473 g/mol. The van der Waals surface area contributed by atoms with Crippen LogP contribution in [0, 0.1) is 13.8 Å². The number of aromatic nitrogens is 5. The number of carbonyl (C=O) groups is 1. The van der Waals surface area contributed by atoms with Crippen LogP contribution in [0.25, 0.3) is 11.2 Å². The van der Waals surface area contributed by atoms with Crippen LogP contribution in [0.1, 0.15) is 41.3 Å². The molecule has 1 saturated heterocycles. The summed E-state index contributed by atoms with van der Waals surface area (Å²) in [5.74, 6) is 1.32. The lowest BCUT2D eigenvalue weighted by atomic mass is 9.96. The molecule has 9 heteroatoms. The van der Waals surface area contributed by atoms with Gasteiger partial charge < -0.3 is 14.6 Å². The highest BCUT2D eigenvalue weighted by molar-refractivity contribution is 5.78. The van der Waals surface area contributed by atoms with Crippen molar-refractivity contribution >= 4 is 17.1 Å². The Labute approximate surface area is 202 Å². The number of aromatic amines is 1. The summed E-state index contributed by atoms with van der Waals surface area (Å²) in [5.41, 5.74) is 3.82. The summed E-state index contributed by atoms with van der Waals surface area (Å²) in [6.07, 6.45) is 1.43. The minimum atomic E-state index is -0.287. The highest BCUT2D eigenvalue weighted by atomic mass is 16.5. The summed E-state index contributed by atoms with van der Waals surface area (Å²) in [6, 6.07) is 15.8. The van der Waals surface area contributed by atoms with Gasteiger partial charge in [-0.1, -0.05) is 52.7 Å². The number of likely N-dealkylation sites (tertiary alicyclic amines) is 1. The van der Waals surface area contributed by atoms with Gasteiger partial charge in [-0.2, -0.15) is 0 Å². The second-order valence-corrected chi connectivity index (χ2v) is 9.11. The van der Waals surface area contributed by atoms with E-state index in [0.717, 1.165) is 11.1 Å². The molecule has 1 N–H and O–H groups in total. The number of carbonyl (C=O) groups excluding carboxylic acids is 1. The molecule has 1 fully saturated rings. The van der Waals surface area contributed by atoms with Crippen molar-refractivity contribution in [3.05, 3.63) is 81.4 Å². The number of amides is 1. The van der Waals surface area contributed by atoms with Gasteiger partial charge in [0, 0.05) is 19.0 Å². The molecule has 0 bridgehead atoms. The van der Waals surface area contributed by atoms with E-state index >= 15 is 0 Å². The van der Waals surface area contributed by atoms with Gasteiger partial charge in [-0.05, 0) is 44.4 Å². The van der Waals surface area contributed by atoms with Crippen LogP contribution in [0.3, 0.4) is 0 Å². The normalized spacial score (nSPS) is 14.4. The molecule has 4 aromatic rings. The number of aryl methyl sites for hydroxylation is 2. The van der Waals surface area contributed by atoms with E-state index in [2.05, 4.69) is 15.3 Å². The number of benzene rings is 2. The van der Waals surface area contributed by atoms with Gasteiger partial charge in [0.1, 0.15) is 11.6 Å². The third kappa shape index (κ3) is 5.08. The van der Waals surface area contributed by atoms with Crippen LogP contribution >= 0.6 is 0 Å². The first-order valence-electron chi connectivity index (χ1n) is 11.8. The van der Waals surface area contributed by atoms with Crippen molar-refractivity contribution in [1.82, 2.24) is 29.9 Å². The minimum absolute atomic E-state index is 0.0125. The van der Waals surface area contributed by atoms with Crippen molar-refractivity contribution in [1.29, 1.82) is 0 Å². The fraction of sp³-hybridized carbons (Fsp3) is 0.346. The van der Waals surface area contributed by atoms with Gasteiger partial charge in [-0.15, -0.1) is 5.10 Å². The van der Waals surface area contributed by atoms with Gasteiger partial charge >= 0.3 is 0 Å². The maximum absolute atomic E-state index is 12.7. The minimum Gasteiger partial charge on any atom is -0.484 e. The Balaban J connectivity index is 1.24. The number of nitrogens with zero attached hydrogens (tertiary/aromatic N) is 5. The zero-order valence-corrected chi connectivity index (χ0v) is 19.9. The predicted molar refractivity (Wildman–Crippen MR) is 131 cm³/mol. The fourth-order valence-electron chi connectivity index (χ4n) is 4.32. The number of hydrogen-bond acceptors (Lipinski definition) is 6. The molecule has 1 amide bonds. The third-order valence-electron chi connectivity index (χ3n) is 6.46. The quantitative estimate of drug-likeness (QED) is 0.463. The Bertz CT molecular complexity index is 1380. The van der Waals surface area contributed by atoms with Crippen molar-refractivity contribution < 1.29 is 9.53 Å². The van der Waals surface area contributed by atoms with Crippen LogP contribution in [-0.2, 0) is 11.3 Å². The number of piperidine rings is 1. The largest absolute Gasteiger partial charge is 0.484 e. The van der Waals surface area contributed by atoms with Gasteiger partial charge in [0.15, 0.2) is 17.8 Å². The van der Waals surface area contributed by atoms with E-state index in [1.807, 2.05) is 67.3 Å². The number of H-pyrrole nitrogens is 1. The van der Waals surface area contributed by atoms with Crippen LogP contribution in [0.2, 0.25) is 0 Å². The van der Waals surface area contributed by atoms with Crippen LogP contribution in [-0.4, -0.2) is 55.5 Å². The molecular formula is C26H28N6O3. The Morgan fingerprint density at radius 1 is 1.03 bits per heavy atom. The molecule has 9 nitrogen and oxygen atoms in total. The highest BCUT2D eigenvalue weighted by Crippen LogP contribution is 2.26. The summed E-state index contributed by atoms with van der Waals surface area (Å²) in [5, 5.41) is 8.21. The number of ether oxygens (including phenoxy) is 1. The number of hydrogen-bond donors (Lipinski definition) is 1. The van der Waals surface area contributed by atoms with Crippen molar-refractivity contribution in [3.63, 3.8) is 0 Å². The molecular weight excluding hydrogens is 444 g/mol. The van der Waals surface area contributed by atoms with Crippen molar-refractivity contribution in [2.24, 2.45) is 0 Å². The van der Waals surface area contributed by atoms with Crippen molar-refractivity contribution in [3.8, 4) is 5.75 Å². The SMILES string of the molecule is Cc1ccc(Cn2nnc3c(=O)[nH]c(C4CCN(C(=O)COc5ccc(C)cc5)CC4)nc32)cc1. The second kappa shape index (κ2) is 9.69. The first-order valence-corrected chi connectivity index (χ1v) is 11.8. The second-order valence-electron chi connectivity index (χ2n) is 9.11. The molecule has 0 saturated carbocycles. The molecule has 1 aliphatic rings. The third-order valence-corrected chi connectivity index (χ3v) is 6.46. The average Bonchev–Trinajstić information content (AvgIpc) is 3.28. The summed E-state index contributed by atoms with van der Waals surface area (Å²) < 4.78 is 7.31. The summed E-state index contributed by atoms with van der Waals surface area (Å²) in [6.45, 7) is 5.72. The lowest BCUT2D eigenvalue weighted by Gasteiger charge is -2.31. The lowest BCUT2D eigenvalue weighted by Crippen LogP contribution is -2.41. The van der Waals surface area contributed by atoms with Crippen LogP contribution < -0.4 is 10.3 Å². The topological polar surface area (TPSA) is 106 Å². The number of nitrogens with one attached hydrogen (secondary N) is 1. The monoisotopic (exact) mass is 472 g/mol. The zero-order valence-electron chi connectivity index (χ0n) is 19.9. The number of fused-ring (bicyclic) bond motifs is 1. The lowest BCUT2D eigenvalue weighted by molar-refractivity contribution is -0.134. The van der Waals surface area contributed by atoms with E-state index in [-0.39, 0.29) is 29.5 Å². The van der Waals surface area contributed by atoms with Crippen LogP contribution in [0.5, 0.6) is 5.75 Å². The van der Waals surface area contributed by atoms with Crippen LogP contribution in [0.15, 0.2) is 53.3 Å². The van der Waals surface area contributed by atoms with Gasteiger partial charge in [0.2, 0.25) is 0 Å². The fourth-order valence-corrected chi connectivity index (χ4v) is 4.32. The van der Waals surface area contributed by atoms with E-state index in [4.69, 9.17) is 9.72 Å². The first kappa shape index (κ1) is 22.8. The first-order chi connectivity index (χ1) is 17.0. The van der Waals surface area contributed by atoms with E-state index < -0.39 is 0 Å². The predicted octanol–water partition coefficient (Wildman–Crippen LogP) is 2.96. The van der Waals surface area contributed by atoms with Gasteiger partial charge in [-0.25, -0.2) is 9.67 Å². The Morgan fingerprint density at radius 2 is 1.69 bits per heavy atom. The molecule has 0 unspecified atom stereocenters. The summed E-state index contributed by atoms with van der Waals surface area (Å²) in [7, 11) is 0. The Kier molecular flexibility index (Phi) is 6.31. The Hall–Kier alpha value is -4.01. The molecule has 5 rings (SSSR count). The molecule has 0 spiro atoms. The van der Waals surface area contributed by atoms with Crippen molar-refractivity contribution in [2.75, 3.05) is 19.7 Å². The number of rotatable bonds is 6. The molecule has 0 aliphatic carbocycles. The Morgan fingerprint density at radius 3 is 2.37 bits per heavy atom. The van der Waals surface area contributed by atoms with E-state index in [9.17, 15) is 9.59 Å². The van der Waals surface area contributed by atoms with Crippen molar-refractivity contribution in [2.45, 2.75) is 39.2 Å². The highest BCUT2D eigenvalue weighted by Gasteiger charge is 2.26. The smallest absolute Gasteiger partial charge is 0.281 e. The maximum Gasteiger partial charge on any atom is 0.281 e. The van der Waals surface area contributed by atoms with E-state index in [0.29, 0.717) is 49.7 Å². The van der Waals surface area contributed by atoms with E-state index in [1.54, 1.807) is 4.68 Å². The maximum atomic E-state index is 12.7. The molecule has 2 aromatic carbocycles. The van der Waals surface area contributed by atoms with E-state index in [1.165, 1.54) is 5.56 Å². The molecule has 35 heavy (non-hydrogen) atoms. The summed E-state index contributed by atoms with van der Waals surface area (Å²) >= 11 is 0. The van der Waals surface area contributed by atoms with Gasteiger partial charge in [0.25, 0.3) is 11.5 Å². The molecule has 1 aliphatic heterocycles. The molecule has 180 valence electrons. The summed E-state index contributed by atoms with van der Waals surface area (Å²) in [4.78, 5) is 34.7. The molecule has 0 atom stereocenters. The zero-order chi connectivity index (χ0) is 24.4.